The molecule has 1 aliphatic heterocycles. The molecular formula is C9H14F2N2O4. The fourth-order valence-electron chi connectivity index (χ4n) is 1.44. The molecule has 0 aromatic heterocycles. The number of hydrogen-bond acceptors (Lipinski definition) is 4. The van der Waals surface area contributed by atoms with Crippen molar-refractivity contribution in [3.63, 3.8) is 0 Å². The van der Waals surface area contributed by atoms with Crippen LogP contribution in [0.2, 0.25) is 0 Å². The van der Waals surface area contributed by atoms with Gasteiger partial charge in [0.05, 0.1) is 6.54 Å². The van der Waals surface area contributed by atoms with Crippen LogP contribution in [0.5, 0.6) is 0 Å². The summed E-state index contributed by atoms with van der Waals surface area (Å²) in [4.78, 5) is 23.0. The van der Waals surface area contributed by atoms with Crippen molar-refractivity contribution in [1.82, 2.24) is 9.96 Å². The molecule has 1 fully saturated rings. The van der Waals surface area contributed by atoms with Gasteiger partial charge < -0.3 is 9.64 Å². The number of hydroxylamine groups is 2. The topological polar surface area (TPSA) is 70.1 Å². The van der Waals surface area contributed by atoms with Crippen LogP contribution in [-0.4, -0.2) is 52.9 Å². The first kappa shape index (κ1) is 13.6. The van der Waals surface area contributed by atoms with Crippen molar-refractivity contribution in [3.05, 3.63) is 0 Å². The Morgan fingerprint density at radius 1 is 1.65 bits per heavy atom. The van der Waals surface area contributed by atoms with Crippen molar-refractivity contribution in [2.75, 3.05) is 13.6 Å². The van der Waals surface area contributed by atoms with Crippen LogP contribution >= 0.6 is 0 Å². The van der Waals surface area contributed by atoms with E-state index < -0.39 is 30.7 Å². The summed E-state index contributed by atoms with van der Waals surface area (Å²) in [6.45, 7) is 0.767. The molecule has 6 nitrogen and oxygen atoms in total. The van der Waals surface area contributed by atoms with E-state index in [0.717, 1.165) is 7.05 Å². The minimum absolute atomic E-state index is 0.0511. The molecule has 0 saturated carbocycles. The number of carbonyl (C=O) groups is 2. The molecule has 98 valence electrons. The number of esters is 1. The molecule has 1 saturated heterocycles. The molecule has 0 spiro atoms. The minimum Gasteiger partial charge on any atom is -0.432 e. The lowest BCUT2D eigenvalue weighted by Gasteiger charge is -2.39. The van der Waals surface area contributed by atoms with Gasteiger partial charge in [-0.15, -0.1) is 0 Å². The monoisotopic (exact) mass is 252 g/mol. The third kappa shape index (κ3) is 2.82. The van der Waals surface area contributed by atoms with E-state index in [1.807, 2.05) is 0 Å². The lowest BCUT2D eigenvalue weighted by atomic mass is 10.2. The van der Waals surface area contributed by atoms with Gasteiger partial charge in [-0.2, -0.15) is 13.8 Å². The number of alkyl halides is 2. The predicted molar refractivity (Wildman–Crippen MR) is 51.4 cm³/mol. The summed E-state index contributed by atoms with van der Waals surface area (Å²) < 4.78 is 31.4. The van der Waals surface area contributed by atoms with Crippen LogP contribution in [-0.2, 0) is 9.53 Å². The molecule has 1 heterocycles. The maximum Gasteiger partial charge on any atom is 0.347 e. The highest BCUT2D eigenvalue weighted by Gasteiger charge is 2.54. The van der Waals surface area contributed by atoms with Crippen molar-refractivity contribution in [1.29, 1.82) is 0 Å². The maximum atomic E-state index is 13.5. The number of rotatable bonds is 3. The Labute approximate surface area is 96.7 Å². The predicted octanol–water partition coefficient (Wildman–Crippen LogP) is 1.05. The van der Waals surface area contributed by atoms with Gasteiger partial charge in [-0.3, -0.25) is 10.0 Å². The molecule has 1 aliphatic rings. The third-order valence-electron chi connectivity index (χ3n) is 2.25. The Balaban J connectivity index is 2.80. The van der Waals surface area contributed by atoms with Gasteiger partial charge in [-0.05, 0) is 6.42 Å². The molecule has 1 atom stereocenters. The lowest BCUT2D eigenvalue weighted by Crippen LogP contribution is -2.63. The second kappa shape index (κ2) is 4.82. The van der Waals surface area contributed by atoms with Gasteiger partial charge in [0.1, 0.15) is 0 Å². The summed E-state index contributed by atoms with van der Waals surface area (Å²) >= 11 is 0. The van der Waals surface area contributed by atoms with Gasteiger partial charge in [0.15, 0.2) is 0 Å². The Hall–Kier alpha value is -1.44. The second-order valence-corrected chi connectivity index (χ2v) is 3.84. The zero-order valence-electron chi connectivity index (χ0n) is 9.52. The largest absolute Gasteiger partial charge is 0.432 e. The van der Waals surface area contributed by atoms with E-state index in [4.69, 9.17) is 0 Å². The molecule has 0 bridgehead atoms. The average molecular weight is 252 g/mol. The van der Waals surface area contributed by atoms with E-state index >= 15 is 0 Å². The molecule has 8 heteroatoms. The van der Waals surface area contributed by atoms with Gasteiger partial charge in [0.2, 0.25) is 0 Å². The summed E-state index contributed by atoms with van der Waals surface area (Å²) in [6.07, 6.45) is -1.88. The lowest BCUT2D eigenvalue weighted by molar-refractivity contribution is -0.276. The van der Waals surface area contributed by atoms with Crippen LogP contribution in [0.3, 0.4) is 0 Å². The van der Waals surface area contributed by atoms with Crippen molar-refractivity contribution in [2.24, 2.45) is 0 Å². The van der Waals surface area contributed by atoms with Crippen LogP contribution in [0.1, 0.15) is 19.8 Å². The Bertz CT molecular complexity index is 324. The first-order valence-electron chi connectivity index (χ1n) is 5.10. The first-order chi connectivity index (χ1) is 7.79. The second-order valence-electron chi connectivity index (χ2n) is 3.84. The van der Waals surface area contributed by atoms with Crippen LogP contribution in [0, 0.1) is 0 Å². The summed E-state index contributed by atoms with van der Waals surface area (Å²) in [6, 6.07) is -1.04. The van der Waals surface area contributed by atoms with E-state index in [9.17, 15) is 23.6 Å². The van der Waals surface area contributed by atoms with E-state index in [1.165, 1.54) is 0 Å². The van der Waals surface area contributed by atoms with E-state index in [-0.39, 0.29) is 11.5 Å². The number of halogens is 2. The highest BCUT2D eigenvalue weighted by atomic mass is 19.3. The Morgan fingerprint density at radius 2 is 2.24 bits per heavy atom. The minimum atomic E-state index is -3.51. The van der Waals surface area contributed by atoms with Gasteiger partial charge >= 0.3 is 17.9 Å². The van der Waals surface area contributed by atoms with Crippen LogP contribution < -0.4 is 0 Å². The number of urea groups is 1. The van der Waals surface area contributed by atoms with Gasteiger partial charge in [-0.1, -0.05) is 6.92 Å². The summed E-state index contributed by atoms with van der Waals surface area (Å²) in [5.41, 5.74) is 0. The number of carbonyl (C=O) groups excluding carboxylic acids is 2. The van der Waals surface area contributed by atoms with Crippen molar-refractivity contribution >= 4 is 12.0 Å². The van der Waals surface area contributed by atoms with Gasteiger partial charge in [0, 0.05) is 13.5 Å². The summed E-state index contributed by atoms with van der Waals surface area (Å²) in [5.74, 6) is -4.39. The van der Waals surface area contributed by atoms with Crippen molar-refractivity contribution < 1.29 is 28.3 Å². The molecule has 17 heavy (non-hydrogen) atoms. The molecule has 0 aromatic carbocycles. The third-order valence-corrected chi connectivity index (χ3v) is 2.25. The highest BCUT2D eigenvalue weighted by Crippen LogP contribution is 2.29. The van der Waals surface area contributed by atoms with Gasteiger partial charge in [-0.25, -0.2) is 4.79 Å². The molecule has 1 N–H and O–H groups in total. The molecule has 0 aromatic rings. The number of nitrogens with zero attached hydrogens (tertiary/aromatic N) is 2. The number of hydrogen-bond donors (Lipinski definition) is 1. The van der Waals surface area contributed by atoms with E-state index in [1.54, 1.807) is 6.92 Å². The van der Waals surface area contributed by atoms with E-state index in [0.29, 0.717) is 11.3 Å². The average Bonchev–Trinajstić information content (AvgIpc) is 2.21. The van der Waals surface area contributed by atoms with Gasteiger partial charge in [0.25, 0.3) is 6.23 Å². The zero-order valence-corrected chi connectivity index (χ0v) is 9.52. The zero-order chi connectivity index (χ0) is 13.2. The quantitative estimate of drug-likeness (QED) is 0.602. The molecule has 1 unspecified atom stereocenters. The Morgan fingerprint density at radius 3 is 2.76 bits per heavy atom. The Kier molecular flexibility index (Phi) is 3.87. The van der Waals surface area contributed by atoms with Crippen molar-refractivity contribution in [2.45, 2.75) is 31.9 Å². The summed E-state index contributed by atoms with van der Waals surface area (Å²) in [5, 5.41) is 8.99. The first-order valence-corrected chi connectivity index (χ1v) is 5.10. The van der Waals surface area contributed by atoms with E-state index in [2.05, 4.69) is 4.74 Å². The maximum absolute atomic E-state index is 13.5. The molecular weight excluding hydrogens is 238 g/mol. The normalized spacial score (nSPS) is 23.8. The standard InChI is InChI=1S/C9H14F2N2O4/c1-3-4-6(14)17-7-9(10,11)5-12(2)8(15)13(7)16/h7,16H,3-5H2,1-2H3. The fourth-order valence-corrected chi connectivity index (χ4v) is 1.44. The van der Waals surface area contributed by atoms with Crippen LogP contribution in [0.4, 0.5) is 13.6 Å². The van der Waals surface area contributed by atoms with Crippen LogP contribution in [0.15, 0.2) is 0 Å². The number of ether oxygens (including phenoxy) is 1. The SMILES string of the molecule is CCCC(=O)OC1N(O)C(=O)N(C)CC1(F)F. The highest BCUT2D eigenvalue weighted by molar-refractivity contribution is 5.75. The smallest absolute Gasteiger partial charge is 0.347 e. The molecule has 2 amide bonds. The molecule has 1 rings (SSSR count). The fraction of sp³-hybridized carbons (Fsp3) is 0.778. The molecule has 0 aliphatic carbocycles. The van der Waals surface area contributed by atoms with Crippen molar-refractivity contribution in [3.8, 4) is 0 Å². The molecule has 0 radical (unpaired) electrons. The summed E-state index contributed by atoms with van der Waals surface area (Å²) in [7, 11) is 1.11. The van der Waals surface area contributed by atoms with Crippen LogP contribution in [0.25, 0.3) is 0 Å². The number of amides is 2.